The van der Waals surface area contributed by atoms with Gasteiger partial charge in [-0.25, -0.2) is 4.68 Å². The summed E-state index contributed by atoms with van der Waals surface area (Å²) in [4.78, 5) is 12.1. The smallest absolute Gasteiger partial charge is 0.254 e. The molecule has 1 atom stereocenters. The van der Waals surface area contributed by atoms with Crippen molar-refractivity contribution in [3.63, 3.8) is 0 Å². The maximum absolute atomic E-state index is 12.1. The molecule has 0 fully saturated rings. The van der Waals surface area contributed by atoms with E-state index in [1.165, 1.54) is 4.68 Å². The van der Waals surface area contributed by atoms with E-state index in [-0.39, 0.29) is 11.8 Å². The molecule has 0 saturated heterocycles. The van der Waals surface area contributed by atoms with Crippen LogP contribution in [0.2, 0.25) is 0 Å². The van der Waals surface area contributed by atoms with Crippen molar-refractivity contribution < 1.29 is 9.21 Å². The number of aromatic nitrogens is 2. The van der Waals surface area contributed by atoms with Gasteiger partial charge < -0.3 is 4.42 Å². The number of carbonyl (C=O) groups is 1. The summed E-state index contributed by atoms with van der Waals surface area (Å²) in [6.45, 7) is 0. The first-order valence-corrected chi connectivity index (χ1v) is 6.97. The zero-order chi connectivity index (χ0) is 13.1. The van der Waals surface area contributed by atoms with E-state index < -0.39 is 0 Å². The normalized spacial score (nSPS) is 18.4. The Kier molecular flexibility index (Phi) is 3.37. The summed E-state index contributed by atoms with van der Waals surface area (Å²) in [5.74, 6) is 1.51. The molecule has 96 valence electrons. The van der Waals surface area contributed by atoms with Crippen molar-refractivity contribution in [3.8, 4) is 0 Å². The van der Waals surface area contributed by atoms with E-state index in [0.717, 1.165) is 17.2 Å². The Morgan fingerprint density at radius 3 is 3.16 bits per heavy atom. The summed E-state index contributed by atoms with van der Waals surface area (Å²) >= 11 is 1.65. The summed E-state index contributed by atoms with van der Waals surface area (Å²) in [5, 5.41) is 6.21. The summed E-state index contributed by atoms with van der Waals surface area (Å²) < 4.78 is 6.60. The fourth-order valence-corrected chi connectivity index (χ4v) is 2.66. The number of hydrogen-bond acceptors (Lipinski definition) is 4. The van der Waals surface area contributed by atoms with Gasteiger partial charge in [0.15, 0.2) is 0 Å². The van der Waals surface area contributed by atoms with Gasteiger partial charge in [0, 0.05) is 11.9 Å². The summed E-state index contributed by atoms with van der Waals surface area (Å²) in [7, 11) is 0. The second-order valence-corrected chi connectivity index (χ2v) is 5.08. The van der Waals surface area contributed by atoms with Crippen molar-refractivity contribution in [3.05, 3.63) is 53.6 Å². The quantitative estimate of drug-likeness (QED) is 0.861. The zero-order valence-electron chi connectivity index (χ0n) is 10.1. The minimum atomic E-state index is -0.0631. The second-order valence-electron chi connectivity index (χ2n) is 4.14. The topological polar surface area (TPSA) is 48.0 Å². The SMILES string of the molecule is O=C(C1C=CSC1)n1ccc(/C=C/c2ccco2)n1. The van der Waals surface area contributed by atoms with Crippen molar-refractivity contribution in [1.82, 2.24) is 9.78 Å². The van der Waals surface area contributed by atoms with Crippen molar-refractivity contribution in [2.75, 3.05) is 5.75 Å². The molecule has 1 aliphatic heterocycles. The van der Waals surface area contributed by atoms with Crippen molar-refractivity contribution in [2.45, 2.75) is 0 Å². The molecule has 2 aromatic rings. The van der Waals surface area contributed by atoms with E-state index >= 15 is 0 Å². The molecule has 5 heteroatoms. The Bertz CT molecular complexity index is 626. The third kappa shape index (κ3) is 2.71. The molecule has 2 aromatic heterocycles. The number of rotatable bonds is 3. The van der Waals surface area contributed by atoms with Crippen LogP contribution in [0.1, 0.15) is 16.2 Å². The molecular formula is C14H12N2O2S. The molecule has 0 aliphatic carbocycles. The fourth-order valence-electron chi connectivity index (χ4n) is 1.79. The van der Waals surface area contributed by atoms with Crippen LogP contribution in [0.25, 0.3) is 12.2 Å². The van der Waals surface area contributed by atoms with Crippen molar-refractivity contribution in [1.29, 1.82) is 0 Å². The van der Waals surface area contributed by atoms with Gasteiger partial charge in [-0.1, -0.05) is 6.08 Å². The standard InChI is InChI=1S/C14H12N2O2S/c17-14(11-6-9-19-10-11)16-7-5-12(15-16)3-4-13-2-1-8-18-13/h1-9,11H,10H2/b4-3+. The van der Waals surface area contributed by atoms with Gasteiger partial charge in [-0.05, 0) is 35.8 Å². The molecule has 0 radical (unpaired) electrons. The van der Waals surface area contributed by atoms with Crippen LogP contribution in [0, 0.1) is 5.92 Å². The number of allylic oxidation sites excluding steroid dienone is 1. The molecule has 19 heavy (non-hydrogen) atoms. The van der Waals surface area contributed by atoms with Crippen molar-refractivity contribution >= 4 is 29.8 Å². The maximum Gasteiger partial charge on any atom is 0.254 e. The maximum atomic E-state index is 12.1. The third-order valence-electron chi connectivity index (χ3n) is 2.80. The molecule has 0 amide bonds. The highest BCUT2D eigenvalue weighted by Gasteiger charge is 2.20. The Labute approximate surface area is 114 Å². The highest BCUT2D eigenvalue weighted by atomic mass is 32.2. The van der Waals surface area contributed by atoms with Crippen LogP contribution < -0.4 is 0 Å². The molecular weight excluding hydrogens is 260 g/mol. The molecule has 0 spiro atoms. The lowest BCUT2D eigenvalue weighted by molar-refractivity contribution is 0.0857. The number of furan rings is 1. The van der Waals surface area contributed by atoms with Gasteiger partial charge in [0.05, 0.1) is 17.9 Å². The minimum absolute atomic E-state index is 0.0129. The number of hydrogen-bond donors (Lipinski definition) is 0. The lowest BCUT2D eigenvalue weighted by Crippen LogP contribution is -2.21. The first-order chi connectivity index (χ1) is 9.33. The lowest BCUT2D eigenvalue weighted by atomic mass is 10.2. The van der Waals surface area contributed by atoms with E-state index in [4.69, 9.17) is 4.42 Å². The molecule has 3 heterocycles. The second kappa shape index (κ2) is 5.32. The fraction of sp³-hybridized carbons (Fsp3) is 0.143. The zero-order valence-corrected chi connectivity index (χ0v) is 10.9. The third-order valence-corrected chi connectivity index (χ3v) is 3.70. The van der Waals surface area contributed by atoms with Gasteiger partial charge in [0.2, 0.25) is 0 Å². The first kappa shape index (κ1) is 12.0. The van der Waals surface area contributed by atoms with E-state index in [1.54, 1.807) is 24.2 Å². The number of nitrogens with zero attached hydrogens (tertiary/aromatic N) is 2. The Morgan fingerprint density at radius 1 is 1.47 bits per heavy atom. The molecule has 3 rings (SSSR count). The highest BCUT2D eigenvalue weighted by Crippen LogP contribution is 2.21. The highest BCUT2D eigenvalue weighted by molar-refractivity contribution is 8.02. The Hall–Kier alpha value is -2.01. The van der Waals surface area contributed by atoms with Gasteiger partial charge in [-0.15, -0.1) is 11.8 Å². The molecule has 0 aromatic carbocycles. The Morgan fingerprint density at radius 2 is 2.42 bits per heavy atom. The van der Waals surface area contributed by atoms with Crippen LogP contribution in [0.3, 0.4) is 0 Å². The lowest BCUT2D eigenvalue weighted by Gasteiger charge is -2.04. The first-order valence-electron chi connectivity index (χ1n) is 5.93. The molecule has 0 bridgehead atoms. The summed E-state index contributed by atoms with van der Waals surface area (Å²) in [6, 6.07) is 5.49. The predicted octanol–water partition coefficient (Wildman–Crippen LogP) is 3.16. The van der Waals surface area contributed by atoms with Crippen LogP contribution in [0.5, 0.6) is 0 Å². The van der Waals surface area contributed by atoms with Crippen LogP contribution in [0.15, 0.2) is 46.6 Å². The van der Waals surface area contributed by atoms with Gasteiger partial charge in [0.25, 0.3) is 5.91 Å². The van der Waals surface area contributed by atoms with E-state index in [2.05, 4.69) is 5.10 Å². The average Bonchev–Trinajstić information content (AvgIpc) is 3.16. The van der Waals surface area contributed by atoms with Gasteiger partial charge in [-0.3, -0.25) is 4.79 Å². The predicted molar refractivity (Wildman–Crippen MR) is 75.6 cm³/mol. The average molecular weight is 272 g/mol. The van der Waals surface area contributed by atoms with Gasteiger partial charge in [0.1, 0.15) is 5.76 Å². The van der Waals surface area contributed by atoms with Crippen molar-refractivity contribution in [2.24, 2.45) is 5.92 Å². The molecule has 0 saturated carbocycles. The van der Waals surface area contributed by atoms with E-state index in [9.17, 15) is 4.79 Å². The number of thioether (sulfide) groups is 1. The number of carbonyl (C=O) groups excluding carboxylic acids is 1. The Balaban J connectivity index is 1.72. The van der Waals surface area contributed by atoms with E-state index in [0.29, 0.717) is 0 Å². The molecule has 4 nitrogen and oxygen atoms in total. The van der Waals surface area contributed by atoms with E-state index in [1.807, 2.05) is 41.8 Å². The monoisotopic (exact) mass is 272 g/mol. The van der Waals surface area contributed by atoms with Crippen LogP contribution in [0.4, 0.5) is 0 Å². The molecule has 0 N–H and O–H groups in total. The van der Waals surface area contributed by atoms with Gasteiger partial charge in [-0.2, -0.15) is 5.10 Å². The largest absolute Gasteiger partial charge is 0.465 e. The molecule has 1 aliphatic rings. The molecule has 1 unspecified atom stereocenters. The van der Waals surface area contributed by atoms with Crippen LogP contribution in [-0.2, 0) is 0 Å². The summed E-state index contributed by atoms with van der Waals surface area (Å²) in [5.41, 5.74) is 0.736. The van der Waals surface area contributed by atoms with Crippen LogP contribution in [-0.4, -0.2) is 21.4 Å². The van der Waals surface area contributed by atoms with Crippen LogP contribution >= 0.6 is 11.8 Å². The van der Waals surface area contributed by atoms with Gasteiger partial charge >= 0.3 is 0 Å². The summed E-state index contributed by atoms with van der Waals surface area (Å²) in [6.07, 6.45) is 8.88. The minimum Gasteiger partial charge on any atom is -0.465 e.